The molecule has 0 fully saturated rings. The molecule has 10 heteroatoms. The van der Waals surface area contributed by atoms with Crippen LogP contribution in [0.2, 0.25) is 0 Å². The number of Topliss-reactive ketones (excluding diaryl/α,β-unsaturated/α-hetero) is 1. The number of aliphatic hydroxyl groups excluding tert-OH is 1. The van der Waals surface area contributed by atoms with E-state index in [0.29, 0.717) is 17.0 Å². The Hall–Kier alpha value is -3.37. The highest BCUT2D eigenvalue weighted by atomic mass is 19.1. The number of nitrogens with two attached hydrogens (primary N) is 1. The minimum atomic E-state index is -1.14. The fraction of sp³-hybridized carbons (Fsp3) is 0.348. The molecule has 1 amide bonds. The van der Waals surface area contributed by atoms with Crippen LogP contribution in [0.1, 0.15) is 30.1 Å². The molecule has 3 aromatic rings. The fourth-order valence-corrected chi connectivity index (χ4v) is 3.59. The van der Waals surface area contributed by atoms with Gasteiger partial charge in [0.15, 0.2) is 17.3 Å². The lowest BCUT2D eigenvalue weighted by atomic mass is 9.79. The number of ketones is 1. The molecule has 0 radical (unpaired) electrons. The van der Waals surface area contributed by atoms with Gasteiger partial charge in [0.1, 0.15) is 11.6 Å². The highest BCUT2D eigenvalue weighted by Crippen LogP contribution is 2.35. The molecule has 0 bridgehead atoms. The van der Waals surface area contributed by atoms with Gasteiger partial charge in [-0.05, 0) is 37.2 Å². The maximum Gasteiger partial charge on any atom is 0.226 e. The number of halogens is 2. The predicted molar refractivity (Wildman–Crippen MR) is 118 cm³/mol. The molecule has 2 aromatic carbocycles. The van der Waals surface area contributed by atoms with Crippen molar-refractivity contribution in [1.29, 1.82) is 0 Å². The summed E-state index contributed by atoms with van der Waals surface area (Å²) in [7, 11) is 1.71. The van der Waals surface area contributed by atoms with Gasteiger partial charge in [0.25, 0.3) is 0 Å². The Kier molecular flexibility index (Phi) is 7.39. The monoisotopic (exact) mass is 460 g/mol. The van der Waals surface area contributed by atoms with Crippen LogP contribution in [0.5, 0.6) is 11.5 Å². The van der Waals surface area contributed by atoms with Crippen molar-refractivity contribution in [1.82, 2.24) is 15.1 Å². The molecule has 3 rings (SSSR count). The SMILES string of the molecule is Cn1ncc2cc(Oc3ccc(F)cc3F)c(C(=O)CC(C)(CCN)C(=O)NCCO)cc21. The van der Waals surface area contributed by atoms with Crippen molar-refractivity contribution in [2.45, 2.75) is 19.8 Å². The Morgan fingerprint density at radius 2 is 2.00 bits per heavy atom. The van der Waals surface area contributed by atoms with Crippen molar-refractivity contribution in [2.24, 2.45) is 18.2 Å². The average molecular weight is 460 g/mol. The minimum Gasteiger partial charge on any atom is -0.453 e. The van der Waals surface area contributed by atoms with E-state index in [1.807, 2.05) is 0 Å². The number of hydrogen-bond acceptors (Lipinski definition) is 6. The molecule has 176 valence electrons. The summed E-state index contributed by atoms with van der Waals surface area (Å²) in [5.74, 6) is -2.72. The highest BCUT2D eigenvalue weighted by Gasteiger charge is 2.36. The van der Waals surface area contributed by atoms with Crippen molar-refractivity contribution >= 4 is 22.6 Å². The Labute approximate surface area is 189 Å². The molecule has 1 heterocycles. The van der Waals surface area contributed by atoms with Gasteiger partial charge < -0.3 is 20.9 Å². The van der Waals surface area contributed by atoms with Crippen LogP contribution in [0, 0.1) is 17.0 Å². The molecule has 0 aliphatic heterocycles. The summed E-state index contributed by atoms with van der Waals surface area (Å²) in [6, 6.07) is 5.98. The number of amides is 1. The van der Waals surface area contributed by atoms with E-state index >= 15 is 0 Å². The van der Waals surface area contributed by atoms with E-state index in [1.165, 1.54) is 0 Å². The van der Waals surface area contributed by atoms with Crippen molar-refractivity contribution in [3.8, 4) is 11.5 Å². The van der Waals surface area contributed by atoms with Gasteiger partial charge in [-0.2, -0.15) is 5.10 Å². The summed E-state index contributed by atoms with van der Waals surface area (Å²) in [4.78, 5) is 26.1. The third kappa shape index (κ3) is 5.35. The quantitative estimate of drug-likeness (QED) is 0.400. The van der Waals surface area contributed by atoms with E-state index in [2.05, 4.69) is 10.4 Å². The number of aryl methyl sites for hydroxylation is 1. The standard InChI is InChI=1S/C23H26F2N4O4/c1-23(5-6-26,22(32)27-7-8-30)12-19(31)16-11-18-14(13-28-29(18)2)9-21(16)33-20-4-3-15(24)10-17(20)25/h3-4,9-11,13,30H,5-8,12,26H2,1-2H3,(H,27,32). The molecule has 4 N–H and O–H groups in total. The number of nitrogens with one attached hydrogen (secondary N) is 1. The number of carbonyl (C=O) groups excluding carboxylic acids is 2. The van der Waals surface area contributed by atoms with Crippen LogP contribution in [0.25, 0.3) is 10.9 Å². The van der Waals surface area contributed by atoms with E-state index in [1.54, 1.807) is 37.0 Å². The first-order valence-corrected chi connectivity index (χ1v) is 10.4. The zero-order valence-corrected chi connectivity index (χ0v) is 18.4. The first kappa shape index (κ1) is 24.3. The fourth-order valence-electron chi connectivity index (χ4n) is 3.59. The van der Waals surface area contributed by atoms with Crippen molar-refractivity contribution < 1.29 is 28.2 Å². The smallest absolute Gasteiger partial charge is 0.226 e. The van der Waals surface area contributed by atoms with Crippen LogP contribution in [-0.2, 0) is 11.8 Å². The van der Waals surface area contributed by atoms with Crippen LogP contribution in [0.4, 0.5) is 8.78 Å². The van der Waals surface area contributed by atoms with Gasteiger partial charge in [0, 0.05) is 31.5 Å². The Morgan fingerprint density at radius 3 is 2.67 bits per heavy atom. The summed E-state index contributed by atoms with van der Waals surface area (Å²) >= 11 is 0. The minimum absolute atomic E-state index is 0.0480. The van der Waals surface area contributed by atoms with Crippen LogP contribution in [0.3, 0.4) is 0 Å². The average Bonchev–Trinajstić information content (AvgIpc) is 3.13. The number of fused-ring (bicyclic) bond motifs is 1. The van der Waals surface area contributed by atoms with E-state index in [4.69, 9.17) is 15.6 Å². The lowest BCUT2D eigenvalue weighted by molar-refractivity contribution is -0.130. The largest absolute Gasteiger partial charge is 0.453 e. The third-order valence-corrected chi connectivity index (χ3v) is 5.45. The second-order valence-electron chi connectivity index (χ2n) is 8.03. The van der Waals surface area contributed by atoms with E-state index in [9.17, 15) is 18.4 Å². The zero-order valence-electron chi connectivity index (χ0n) is 18.4. The van der Waals surface area contributed by atoms with Crippen molar-refractivity contribution in [3.63, 3.8) is 0 Å². The van der Waals surface area contributed by atoms with E-state index in [0.717, 1.165) is 12.1 Å². The molecule has 1 atom stereocenters. The maximum atomic E-state index is 14.2. The molecular weight excluding hydrogens is 434 g/mol. The summed E-state index contributed by atoms with van der Waals surface area (Å²) in [6.45, 7) is 1.59. The normalized spacial score (nSPS) is 13.0. The number of aliphatic hydroxyl groups is 1. The highest BCUT2D eigenvalue weighted by molar-refractivity contribution is 6.04. The molecule has 0 aliphatic rings. The molecule has 0 saturated carbocycles. The second kappa shape index (κ2) is 10.1. The maximum absolute atomic E-state index is 14.2. The predicted octanol–water partition coefficient (Wildman–Crippen LogP) is 2.68. The van der Waals surface area contributed by atoms with Gasteiger partial charge in [-0.1, -0.05) is 6.92 Å². The number of rotatable bonds is 10. The summed E-state index contributed by atoms with van der Waals surface area (Å²) in [5.41, 5.74) is 5.30. The Morgan fingerprint density at radius 1 is 1.24 bits per heavy atom. The lowest BCUT2D eigenvalue weighted by Crippen LogP contribution is -2.42. The zero-order chi connectivity index (χ0) is 24.2. The second-order valence-corrected chi connectivity index (χ2v) is 8.03. The van der Waals surface area contributed by atoms with Gasteiger partial charge in [0.2, 0.25) is 5.91 Å². The summed E-state index contributed by atoms with van der Waals surface area (Å²) < 4.78 is 34.8. The molecular formula is C23H26F2N4O4. The Bertz CT molecular complexity index is 1180. The summed E-state index contributed by atoms with van der Waals surface area (Å²) in [5, 5.41) is 16.4. The van der Waals surface area contributed by atoms with Crippen LogP contribution in [-0.4, -0.2) is 46.3 Å². The van der Waals surface area contributed by atoms with E-state index < -0.39 is 28.7 Å². The first-order valence-electron chi connectivity index (χ1n) is 10.4. The molecule has 1 unspecified atom stereocenters. The van der Waals surface area contributed by atoms with Crippen LogP contribution >= 0.6 is 0 Å². The van der Waals surface area contributed by atoms with Gasteiger partial charge in [-0.25, -0.2) is 8.78 Å². The van der Waals surface area contributed by atoms with Gasteiger partial charge in [0.05, 0.1) is 29.3 Å². The van der Waals surface area contributed by atoms with Crippen LogP contribution in [0.15, 0.2) is 36.5 Å². The number of hydrogen-bond donors (Lipinski definition) is 3. The summed E-state index contributed by atoms with van der Waals surface area (Å²) in [6.07, 6.45) is 1.60. The first-order chi connectivity index (χ1) is 15.7. The number of nitrogens with zero attached hydrogens (tertiary/aromatic N) is 2. The Balaban J connectivity index is 2.01. The van der Waals surface area contributed by atoms with E-state index in [-0.39, 0.29) is 49.6 Å². The number of aromatic nitrogens is 2. The molecule has 0 spiro atoms. The lowest BCUT2D eigenvalue weighted by Gasteiger charge is -2.27. The third-order valence-electron chi connectivity index (χ3n) is 5.45. The van der Waals surface area contributed by atoms with Crippen molar-refractivity contribution in [3.05, 3.63) is 53.7 Å². The molecule has 0 saturated heterocycles. The molecule has 1 aromatic heterocycles. The number of carbonyl (C=O) groups is 2. The molecule has 8 nitrogen and oxygen atoms in total. The van der Waals surface area contributed by atoms with Crippen molar-refractivity contribution in [2.75, 3.05) is 19.7 Å². The number of benzene rings is 2. The van der Waals surface area contributed by atoms with Gasteiger partial charge in [-0.15, -0.1) is 0 Å². The van der Waals surface area contributed by atoms with Gasteiger partial charge >= 0.3 is 0 Å². The number of ether oxygens (including phenoxy) is 1. The molecule has 0 aliphatic carbocycles. The molecule has 33 heavy (non-hydrogen) atoms. The van der Waals surface area contributed by atoms with Gasteiger partial charge in [-0.3, -0.25) is 14.3 Å². The van der Waals surface area contributed by atoms with Crippen LogP contribution < -0.4 is 15.8 Å². The topological polar surface area (TPSA) is 119 Å².